The molecule has 0 aromatic heterocycles. The molecule has 0 fully saturated rings. The number of halogens is 1. The Bertz CT molecular complexity index is 456. The molecule has 1 aromatic rings. The SMILES string of the molecule is O=C(O)CC=Cc1ccc(F)cc1[N+](=O)[O-]. The van der Waals surface area contributed by atoms with E-state index in [0.717, 1.165) is 12.1 Å². The summed E-state index contributed by atoms with van der Waals surface area (Å²) in [5.41, 5.74) is -0.214. The molecule has 0 atom stereocenters. The van der Waals surface area contributed by atoms with Gasteiger partial charge in [-0.2, -0.15) is 0 Å². The number of carboxylic acids is 1. The largest absolute Gasteiger partial charge is 0.481 e. The Kier molecular flexibility index (Phi) is 3.71. The summed E-state index contributed by atoms with van der Waals surface area (Å²) in [5.74, 6) is -1.75. The lowest BCUT2D eigenvalue weighted by atomic mass is 10.1. The molecule has 84 valence electrons. The molecular formula is C10H8FNO4. The van der Waals surface area contributed by atoms with E-state index in [1.165, 1.54) is 18.2 Å². The van der Waals surface area contributed by atoms with Gasteiger partial charge < -0.3 is 5.11 Å². The van der Waals surface area contributed by atoms with Crippen LogP contribution in [-0.2, 0) is 4.79 Å². The molecule has 0 saturated heterocycles. The topological polar surface area (TPSA) is 80.4 Å². The minimum atomic E-state index is -1.04. The maximum atomic E-state index is 12.7. The van der Waals surface area contributed by atoms with Gasteiger partial charge in [0.2, 0.25) is 0 Å². The van der Waals surface area contributed by atoms with E-state index in [4.69, 9.17) is 5.11 Å². The van der Waals surface area contributed by atoms with Crippen LogP contribution in [0.4, 0.5) is 10.1 Å². The molecule has 0 aliphatic rings. The first-order chi connectivity index (χ1) is 7.50. The number of aliphatic carboxylic acids is 1. The summed E-state index contributed by atoms with van der Waals surface area (Å²) >= 11 is 0. The van der Waals surface area contributed by atoms with Crippen molar-refractivity contribution in [3.8, 4) is 0 Å². The molecule has 1 aromatic carbocycles. The zero-order chi connectivity index (χ0) is 12.1. The Morgan fingerprint density at radius 3 is 2.81 bits per heavy atom. The minimum Gasteiger partial charge on any atom is -0.481 e. The van der Waals surface area contributed by atoms with Crippen molar-refractivity contribution in [3.63, 3.8) is 0 Å². The van der Waals surface area contributed by atoms with Crippen LogP contribution in [0.15, 0.2) is 24.3 Å². The van der Waals surface area contributed by atoms with Crippen LogP contribution >= 0.6 is 0 Å². The first-order valence-electron chi connectivity index (χ1n) is 4.33. The van der Waals surface area contributed by atoms with Crippen LogP contribution in [-0.4, -0.2) is 16.0 Å². The van der Waals surface area contributed by atoms with Crippen molar-refractivity contribution in [2.45, 2.75) is 6.42 Å². The molecule has 6 heteroatoms. The van der Waals surface area contributed by atoms with Gasteiger partial charge in [-0.05, 0) is 12.1 Å². The summed E-state index contributed by atoms with van der Waals surface area (Å²) in [6.45, 7) is 0. The predicted octanol–water partition coefficient (Wildman–Crippen LogP) is 2.22. The van der Waals surface area contributed by atoms with Gasteiger partial charge in [-0.25, -0.2) is 4.39 Å². The van der Waals surface area contributed by atoms with Crippen molar-refractivity contribution in [1.29, 1.82) is 0 Å². The van der Waals surface area contributed by atoms with E-state index in [1.807, 2.05) is 0 Å². The highest BCUT2D eigenvalue weighted by Crippen LogP contribution is 2.21. The Morgan fingerprint density at radius 2 is 2.25 bits per heavy atom. The second-order valence-electron chi connectivity index (χ2n) is 2.96. The molecule has 1 rings (SSSR count). The van der Waals surface area contributed by atoms with Crippen molar-refractivity contribution in [3.05, 3.63) is 45.8 Å². The third-order valence-electron chi connectivity index (χ3n) is 1.78. The van der Waals surface area contributed by atoms with Crippen molar-refractivity contribution >= 4 is 17.7 Å². The number of rotatable bonds is 4. The highest BCUT2D eigenvalue weighted by molar-refractivity contribution is 5.71. The van der Waals surface area contributed by atoms with Crippen LogP contribution in [0.25, 0.3) is 6.08 Å². The summed E-state index contributed by atoms with van der Waals surface area (Å²) in [5, 5.41) is 18.9. The Hall–Kier alpha value is -2.24. The van der Waals surface area contributed by atoms with Gasteiger partial charge >= 0.3 is 5.97 Å². The summed E-state index contributed by atoms with van der Waals surface area (Å²) in [7, 11) is 0. The predicted molar refractivity (Wildman–Crippen MR) is 54.3 cm³/mol. The Morgan fingerprint density at radius 1 is 1.56 bits per heavy atom. The normalized spacial score (nSPS) is 10.6. The van der Waals surface area contributed by atoms with Gasteiger partial charge in [-0.15, -0.1) is 0 Å². The average molecular weight is 225 g/mol. The van der Waals surface area contributed by atoms with Crippen molar-refractivity contribution in [2.24, 2.45) is 0 Å². The number of carboxylic acid groups (broad SMARTS) is 1. The van der Waals surface area contributed by atoms with Crippen LogP contribution in [0.1, 0.15) is 12.0 Å². The molecule has 0 spiro atoms. The van der Waals surface area contributed by atoms with E-state index in [0.29, 0.717) is 0 Å². The second kappa shape index (κ2) is 5.01. The number of nitro benzene ring substituents is 1. The third kappa shape index (κ3) is 3.16. The number of nitro groups is 1. The number of benzene rings is 1. The van der Waals surface area contributed by atoms with Crippen LogP contribution in [0.3, 0.4) is 0 Å². The molecule has 0 saturated carbocycles. The second-order valence-corrected chi connectivity index (χ2v) is 2.96. The molecule has 0 bridgehead atoms. The van der Waals surface area contributed by atoms with Crippen molar-refractivity contribution in [2.75, 3.05) is 0 Å². The summed E-state index contributed by atoms with van der Waals surface area (Å²) in [6, 6.07) is 3.10. The van der Waals surface area contributed by atoms with Gasteiger partial charge in [-0.3, -0.25) is 14.9 Å². The van der Waals surface area contributed by atoms with E-state index in [2.05, 4.69) is 0 Å². The van der Waals surface area contributed by atoms with Crippen LogP contribution in [0.5, 0.6) is 0 Å². The third-order valence-corrected chi connectivity index (χ3v) is 1.78. The van der Waals surface area contributed by atoms with E-state index in [1.54, 1.807) is 0 Å². The van der Waals surface area contributed by atoms with E-state index in [-0.39, 0.29) is 17.7 Å². The fraction of sp³-hybridized carbons (Fsp3) is 0.100. The molecule has 0 aliphatic carbocycles. The first kappa shape index (κ1) is 11.8. The average Bonchev–Trinajstić information content (AvgIpc) is 2.19. The van der Waals surface area contributed by atoms with E-state index < -0.39 is 16.7 Å². The minimum absolute atomic E-state index is 0.174. The van der Waals surface area contributed by atoms with Gasteiger partial charge in [0, 0.05) is 0 Å². The molecule has 16 heavy (non-hydrogen) atoms. The fourth-order valence-electron chi connectivity index (χ4n) is 1.10. The monoisotopic (exact) mass is 225 g/mol. The maximum absolute atomic E-state index is 12.7. The molecule has 1 N–H and O–H groups in total. The Labute approximate surface area is 90.0 Å². The van der Waals surface area contributed by atoms with Gasteiger partial charge in [-0.1, -0.05) is 12.2 Å². The molecule has 5 nitrogen and oxygen atoms in total. The van der Waals surface area contributed by atoms with Crippen LogP contribution in [0, 0.1) is 15.9 Å². The van der Waals surface area contributed by atoms with Crippen molar-refractivity contribution in [1.82, 2.24) is 0 Å². The number of hydrogen-bond acceptors (Lipinski definition) is 3. The summed E-state index contributed by atoms with van der Waals surface area (Å²) < 4.78 is 12.7. The van der Waals surface area contributed by atoms with Crippen molar-refractivity contribution < 1.29 is 19.2 Å². The maximum Gasteiger partial charge on any atom is 0.307 e. The summed E-state index contributed by atoms with van der Waals surface area (Å²) in [4.78, 5) is 20.1. The molecule has 0 amide bonds. The fourth-order valence-corrected chi connectivity index (χ4v) is 1.10. The quantitative estimate of drug-likeness (QED) is 0.629. The molecule has 0 aliphatic heterocycles. The van der Waals surface area contributed by atoms with Gasteiger partial charge in [0.05, 0.1) is 23.0 Å². The molecule has 0 radical (unpaired) electrons. The zero-order valence-corrected chi connectivity index (χ0v) is 8.09. The van der Waals surface area contributed by atoms with Gasteiger partial charge in [0.25, 0.3) is 5.69 Å². The lowest BCUT2D eigenvalue weighted by molar-refractivity contribution is -0.385. The van der Waals surface area contributed by atoms with Crippen LogP contribution in [0.2, 0.25) is 0 Å². The standard InChI is InChI=1S/C10H8FNO4/c11-8-5-4-7(2-1-3-10(13)14)9(6-8)12(15)16/h1-2,4-6H,3H2,(H,13,14). The zero-order valence-electron chi connectivity index (χ0n) is 8.09. The lowest BCUT2D eigenvalue weighted by Crippen LogP contribution is -1.93. The number of carbonyl (C=O) groups is 1. The molecule has 0 unspecified atom stereocenters. The van der Waals surface area contributed by atoms with Gasteiger partial charge in [0.1, 0.15) is 5.82 Å². The lowest BCUT2D eigenvalue weighted by Gasteiger charge is -1.97. The highest BCUT2D eigenvalue weighted by atomic mass is 19.1. The summed E-state index contributed by atoms with van der Waals surface area (Å²) in [6.07, 6.45) is 2.31. The Balaban J connectivity index is 2.99. The van der Waals surface area contributed by atoms with E-state index in [9.17, 15) is 19.3 Å². The van der Waals surface area contributed by atoms with Crippen LogP contribution < -0.4 is 0 Å². The molecule has 0 heterocycles. The number of nitrogens with zero attached hydrogens (tertiary/aromatic N) is 1. The van der Waals surface area contributed by atoms with E-state index >= 15 is 0 Å². The van der Waals surface area contributed by atoms with Gasteiger partial charge in [0.15, 0.2) is 0 Å². The molecular weight excluding hydrogens is 217 g/mol. The smallest absolute Gasteiger partial charge is 0.307 e. The first-order valence-corrected chi connectivity index (χ1v) is 4.33. The number of hydrogen-bond donors (Lipinski definition) is 1. The highest BCUT2D eigenvalue weighted by Gasteiger charge is 2.12.